The van der Waals surface area contributed by atoms with Gasteiger partial charge >= 0.3 is 0 Å². The molecule has 96 valence electrons. The molecule has 0 fully saturated rings. The molecule has 0 aliphatic carbocycles. The van der Waals surface area contributed by atoms with Crippen LogP contribution in [-0.2, 0) is 14.4 Å². The predicted molar refractivity (Wildman–Crippen MR) is 66.5 cm³/mol. The fourth-order valence-corrected chi connectivity index (χ4v) is 1.21. The highest BCUT2D eigenvalue weighted by molar-refractivity contribution is 7.96. The molecule has 0 saturated carbocycles. The molecule has 0 aliphatic heterocycles. The van der Waals surface area contributed by atoms with Crippen LogP contribution in [0.4, 0.5) is 0 Å². The Morgan fingerprint density at radius 3 is 2.38 bits per heavy atom. The third-order valence-corrected chi connectivity index (χ3v) is 2.07. The van der Waals surface area contributed by atoms with Crippen LogP contribution in [-0.4, -0.2) is 29.3 Å². The lowest BCUT2D eigenvalue weighted by Gasteiger charge is -2.01. The number of rotatable bonds is 9. The van der Waals surface area contributed by atoms with Gasteiger partial charge in [0.2, 0.25) is 11.0 Å². The molecule has 0 aromatic rings. The Morgan fingerprint density at radius 1 is 1.19 bits per heavy atom. The van der Waals surface area contributed by atoms with E-state index in [-0.39, 0.29) is 24.5 Å². The summed E-state index contributed by atoms with van der Waals surface area (Å²) in [6, 6.07) is 0. The standard InChI is InChI=1S/C10H17NO3S.H2O.H2/c12-7-5-3-1-2-4-6-9(13)11-8-10(14)15;;/h7H,1-6,8H2,(H,11,13)(H,14,15);1H2;1H. The van der Waals surface area contributed by atoms with Crippen molar-refractivity contribution in [3.05, 3.63) is 0 Å². The SMILES string of the molecule is O.O=CCCCCCCC(=O)NCC(=O)S.[HH]. The second kappa shape index (κ2) is 12.2. The Kier molecular flexibility index (Phi) is 13.3. The van der Waals surface area contributed by atoms with E-state index in [1.165, 1.54) is 0 Å². The summed E-state index contributed by atoms with van der Waals surface area (Å²) in [7, 11) is 0. The van der Waals surface area contributed by atoms with Crippen molar-refractivity contribution in [3.8, 4) is 0 Å². The minimum Gasteiger partial charge on any atom is -0.412 e. The van der Waals surface area contributed by atoms with Crippen LogP contribution in [0.2, 0.25) is 0 Å². The number of hydrogen-bond donors (Lipinski definition) is 2. The molecular weight excluding hydrogens is 230 g/mol. The Hall–Kier alpha value is -0.880. The highest BCUT2D eigenvalue weighted by atomic mass is 32.1. The lowest BCUT2D eigenvalue weighted by molar-refractivity contribution is -0.123. The summed E-state index contributed by atoms with van der Waals surface area (Å²) in [5, 5.41) is 2.12. The van der Waals surface area contributed by atoms with E-state index in [2.05, 4.69) is 17.9 Å². The highest BCUT2D eigenvalue weighted by Gasteiger charge is 2.01. The van der Waals surface area contributed by atoms with Gasteiger partial charge in [-0.3, -0.25) is 9.59 Å². The van der Waals surface area contributed by atoms with Crippen molar-refractivity contribution in [2.75, 3.05) is 6.54 Å². The summed E-state index contributed by atoms with van der Waals surface area (Å²) < 4.78 is 0. The third kappa shape index (κ3) is 13.1. The van der Waals surface area contributed by atoms with E-state index in [0.29, 0.717) is 12.8 Å². The van der Waals surface area contributed by atoms with Gasteiger partial charge in [0.05, 0.1) is 6.54 Å². The molecular formula is C10H21NO4S. The van der Waals surface area contributed by atoms with Gasteiger partial charge in [0.1, 0.15) is 6.29 Å². The van der Waals surface area contributed by atoms with Crippen molar-refractivity contribution >= 4 is 29.9 Å². The van der Waals surface area contributed by atoms with Gasteiger partial charge in [0, 0.05) is 14.3 Å². The third-order valence-electron chi connectivity index (χ3n) is 1.91. The van der Waals surface area contributed by atoms with Crippen molar-refractivity contribution < 1.29 is 21.3 Å². The van der Waals surface area contributed by atoms with E-state index in [4.69, 9.17) is 0 Å². The number of aldehydes is 1. The van der Waals surface area contributed by atoms with Gasteiger partial charge < -0.3 is 15.6 Å². The monoisotopic (exact) mass is 251 g/mol. The second-order valence-electron chi connectivity index (χ2n) is 3.29. The normalized spacial score (nSPS) is 9.06. The van der Waals surface area contributed by atoms with Crippen LogP contribution >= 0.6 is 12.6 Å². The van der Waals surface area contributed by atoms with E-state index in [0.717, 1.165) is 32.0 Å². The van der Waals surface area contributed by atoms with Gasteiger partial charge in [-0.25, -0.2) is 0 Å². The van der Waals surface area contributed by atoms with Crippen LogP contribution < -0.4 is 5.32 Å². The van der Waals surface area contributed by atoms with Crippen LogP contribution in [0.3, 0.4) is 0 Å². The molecule has 0 heterocycles. The van der Waals surface area contributed by atoms with Crippen molar-refractivity contribution in [2.45, 2.75) is 38.5 Å². The number of hydrogen-bond acceptors (Lipinski definition) is 3. The fraction of sp³-hybridized carbons (Fsp3) is 0.700. The number of thiol groups is 1. The molecule has 0 aromatic carbocycles. The Labute approximate surface area is 102 Å². The lowest BCUT2D eigenvalue weighted by Crippen LogP contribution is -2.27. The topological polar surface area (TPSA) is 94.7 Å². The summed E-state index contributed by atoms with van der Waals surface area (Å²) in [5.41, 5.74) is 0. The molecule has 0 bridgehead atoms. The number of carbonyl (C=O) groups excluding carboxylic acids is 3. The molecule has 3 N–H and O–H groups in total. The largest absolute Gasteiger partial charge is 0.412 e. The number of amides is 1. The zero-order valence-corrected chi connectivity index (χ0v) is 10.1. The first-order chi connectivity index (χ1) is 7.16. The van der Waals surface area contributed by atoms with Gasteiger partial charge in [0.25, 0.3) is 0 Å². The van der Waals surface area contributed by atoms with Gasteiger partial charge in [-0.05, 0) is 12.8 Å². The summed E-state index contributed by atoms with van der Waals surface area (Å²) in [4.78, 5) is 31.5. The molecule has 0 rings (SSSR count). The molecule has 5 nitrogen and oxygen atoms in total. The minimum absolute atomic E-state index is 0. The van der Waals surface area contributed by atoms with Crippen LogP contribution in [0.5, 0.6) is 0 Å². The summed E-state index contributed by atoms with van der Waals surface area (Å²) >= 11 is 3.53. The van der Waals surface area contributed by atoms with Crippen molar-refractivity contribution in [2.24, 2.45) is 0 Å². The summed E-state index contributed by atoms with van der Waals surface area (Å²) in [5.74, 6) is -0.118. The molecule has 0 atom stereocenters. The average Bonchev–Trinajstić information content (AvgIpc) is 2.20. The fourth-order valence-electron chi connectivity index (χ4n) is 1.13. The van der Waals surface area contributed by atoms with E-state index in [9.17, 15) is 14.4 Å². The molecule has 6 heteroatoms. The first-order valence-corrected chi connectivity index (χ1v) is 5.53. The van der Waals surface area contributed by atoms with Crippen molar-refractivity contribution in [1.29, 1.82) is 0 Å². The first-order valence-electron chi connectivity index (χ1n) is 5.09. The zero-order chi connectivity index (χ0) is 11.5. The Balaban J connectivity index is -0.000000980. The minimum atomic E-state index is -0.339. The zero-order valence-electron chi connectivity index (χ0n) is 9.20. The maximum absolute atomic E-state index is 11.1. The molecule has 0 radical (unpaired) electrons. The molecule has 1 amide bonds. The van der Waals surface area contributed by atoms with Gasteiger partial charge in [-0.15, -0.1) is 12.6 Å². The smallest absolute Gasteiger partial charge is 0.220 e. The van der Waals surface area contributed by atoms with E-state index in [1.54, 1.807) is 0 Å². The van der Waals surface area contributed by atoms with Gasteiger partial charge in [0.15, 0.2) is 0 Å². The van der Waals surface area contributed by atoms with E-state index < -0.39 is 0 Å². The summed E-state index contributed by atoms with van der Waals surface area (Å²) in [6.45, 7) is -0.00686. The molecule has 0 aliphatic rings. The predicted octanol–water partition coefficient (Wildman–Crippen LogP) is 0.520. The Bertz CT molecular complexity index is 226. The highest BCUT2D eigenvalue weighted by Crippen LogP contribution is 2.04. The molecule has 16 heavy (non-hydrogen) atoms. The Morgan fingerprint density at radius 2 is 1.81 bits per heavy atom. The second-order valence-corrected chi connectivity index (χ2v) is 3.79. The van der Waals surface area contributed by atoms with E-state index >= 15 is 0 Å². The maximum atomic E-state index is 11.1. The number of unbranched alkanes of at least 4 members (excludes halogenated alkanes) is 4. The summed E-state index contributed by atoms with van der Waals surface area (Å²) in [6.07, 6.45) is 5.53. The van der Waals surface area contributed by atoms with Crippen molar-refractivity contribution in [3.63, 3.8) is 0 Å². The lowest BCUT2D eigenvalue weighted by atomic mass is 10.1. The van der Waals surface area contributed by atoms with Crippen molar-refractivity contribution in [1.82, 2.24) is 5.32 Å². The van der Waals surface area contributed by atoms with Gasteiger partial charge in [-0.1, -0.05) is 12.8 Å². The number of nitrogens with one attached hydrogen (secondary N) is 1. The van der Waals surface area contributed by atoms with Crippen LogP contribution in [0.15, 0.2) is 0 Å². The number of carbonyl (C=O) groups is 3. The maximum Gasteiger partial charge on any atom is 0.220 e. The molecule has 0 aromatic heterocycles. The van der Waals surface area contributed by atoms with Gasteiger partial charge in [-0.2, -0.15) is 0 Å². The molecule has 0 spiro atoms. The molecule has 0 unspecified atom stereocenters. The average molecular weight is 251 g/mol. The van der Waals surface area contributed by atoms with Crippen LogP contribution in [0, 0.1) is 0 Å². The van der Waals surface area contributed by atoms with Crippen LogP contribution in [0.1, 0.15) is 40.0 Å². The molecule has 0 saturated heterocycles. The van der Waals surface area contributed by atoms with Crippen LogP contribution in [0.25, 0.3) is 0 Å². The van der Waals surface area contributed by atoms with E-state index in [1.807, 2.05) is 0 Å². The first kappa shape index (κ1) is 17.5. The quantitative estimate of drug-likeness (QED) is 0.355.